The van der Waals surface area contributed by atoms with Gasteiger partial charge in [-0.3, -0.25) is 0 Å². The second-order valence-corrected chi connectivity index (χ2v) is 0.230. The van der Waals surface area contributed by atoms with Crippen molar-refractivity contribution in [2.45, 2.75) is 0 Å². The van der Waals surface area contributed by atoms with E-state index in [1.54, 1.807) is 0 Å². The molecule has 0 unspecified atom stereocenters. The van der Waals surface area contributed by atoms with Crippen LogP contribution in [0.1, 0.15) is 0 Å². The molecular weight excluding hydrogens is 63.0 g/mol. The molecule has 0 amide bonds. The largest absolute Gasteiger partial charge is 0.205 e. The fraction of sp³-hybridized carbons (Fsp3) is 1.00. The summed E-state index contributed by atoms with van der Waals surface area (Å²) in [6, 6.07) is 0. The van der Waals surface area contributed by atoms with Gasteiger partial charge >= 0.3 is 0 Å². The minimum atomic E-state index is 1.08. The highest BCUT2D eigenvalue weighted by atomic mass is 19.3. The molecule has 0 saturated carbocycles. The lowest BCUT2D eigenvalue weighted by Gasteiger charge is -1.70. The van der Waals surface area contributed by atoms with Crippen molar-refractivity contribution < 1.29 is 14.5 Å². The topological polar surface area (TPSA) is 18.5 Å². The van der Waals surface area contributed by atoms with Crippen molar-refractivity contribution in [2.24, 2.45) is 0 Å². The Morgan fingerprint density at radius 3 is 2.00 bits per heavy atom. The van der Waals surface area contributed by atoms with E-state index in [4.69, 9.17) is 0 Å². The maximum Gasteiger partial charge on any atom is 0.0747 e. The Morgan fingerprint density at radius 1 is 1.75 bits per heavy atom. The molecule has 0 aromatic carbocycles. The van der Waals surface area contributed by atoms with Gasteiger partial charge in [0.2, 0.25) is 0 Å². The second-order valence-electron chi connectivity index (χ2n) is 0.230. The summed E-state index contributed by atoms with van der Waals surface area (Å²) in [4.78, 5) is 3.38. The van der Waals surface area contributed by atoms with Crippen LogP contribution in [0, 0.1) is 0 Å². The van der Waals surface area contributed by atoms with E-state index < -0.39 is 0 Å². The van der Waals surface area contributed by atoms with Gasteiger partial charge in [0.25, 0.3) is 0 Å². The quantitative estimate of drug-likeness (QED) is 0.327. The van der Waals surface area contributed by atoms with Gasteiger partial charge in [-0.1, -0.05) is 0 Å². The van der Waals surface area contributed by atoms with Gasteiger partial charge in [-0.15, -0.1) is 0 Å². The zero-order valence-electron chi connectivity index (χ0n) is 2.19. The van der Waals surface area contributed by atoms with Crippen LogP contribution < -0.4 is 0 Å². The van der Waals surface area contributed by atoms with Crippen molar-refractivity contribution in [1.82, 2.24) is 0 Å². The molecule has 0 atom stereocenters. The van der Waals surface area contributed by atoms with Crippen LogP contribution in [-0.4, -0.2) is 7.11 Å². The lowest BCUT2D eigenvalue weighted by Crippen LogP contribution is -1.66. The highest BCUT2D eigenvalue weighted by Gasteiger charge is 1.55. The Bertz CT molecular complexity index is 8.00. The van der Waals surface area contributed by atoms with E-state index in [1.807, 2.05) is 0 Å². The maximum atomic E-state index is 10.0. The third-order valence-corrected chi connectivity index (χ3v) is 0.0630. The first-order valence-electron chi connectivity index (χ1n) is 0.729. The molecule has 0 radical (unpaired) electrons. The number of hydrogen-bond acceptors (Lipinski definition) is 2. The molecule has 0 aromatic rings. The molecule has 0 heterocycles. The van der Waals surface area contributed by atoms with Crippen molar-refractivity contribution in [3.8, 4) is 0 Å². The first-order valence-corrected chi connectivity index (χ1v) is 0.729. The van der Waals surface area contributed by atoms with Gasteiger partial charge in [-0.25, -0.2) is 4.89 Å². The minimum Gasteiger partial charge on any atom is -0.205 e. The molecule has 0 aliphatic rings. The summed E-state index contributed by atoms with van der Waals surface area (Å²) in [5.74, 6) is 0. The Kier molecular flexibility index (Phi) is 2.74. The number of rotatable bonds is 1. The molecule has 0 saturated heterocycles. The van der Waals surface area contributed by atoms with E-state index in [9.17, 15) is 4.53 Å². The molecular formula is CH3FO2. The molecule has 0 N–H and O–H groups in total. The number of halogens is 1. The van der Waals surface area contributed by atoms with E-state index in [0.717, 1.165) is 7.11 Å². The molecule has 2 nitrogen and oxygen atoms in total. The average Bonchev–Trinajstić information content (AvgIpc) is 1.37. The Balaban J connectivity index is 1.97. The standard InChI is InChI=1S/CH3FO2/c1-3-4-2/h1H3. The molecule has 0 spiro atoms. The van der Waals surface area contributed by atoms with E-state index in [2.05, 4.69) is 9.98 Å². The first-order chi connectivity index (χ1) is 1.91. The summed E-state index contributed by atoms with van der Waals surface area (Å²) in [5.41, 5.74) is 0. The second kappa shape index (κ2) is 2.85. The zero-order chi connectivity index (χ0) is 3.41. The molecule has 4 heavy (non-hydrogen) atoms. The van der Waals surface area contributed by atoms with Crippen molar-refractivity contribution in [3.05, 3.63) is 0 Å². The van der Waals surface area contributed by atoms with Crippen LogP contribution in [0.3, 0.4) is 0 Å². The number of hydrogen-bond donors (Lipinski definition) is 0. The molecule has 3 heteroatoms. The van der Waals surface area contributed by atoms with E-state index in [1.165, 1.54) is 0 Å². The van der Waals surface area contributed by atoms with Crippen LogP contribution in [0.2, 0.25) is 0 Å². The fourth-order valence-electron chi connectivity index (χ4n) is 0. The van der Waals surface area contributed by atoms with Crippen molar-refractivity contribution in [1.29, 1.82) is 0 Å². The molecule has 0 aromatic heterocycles. The molecule has 0 bridgehead atoms. The predicted molar refractivity (Wildman–Crippen MR) is 9.20 cm³/mol. The summed E-state index contributed by atoms with van der Waals surface area (Å²) in [6.45, 7) is 0. The van der Waals surface area contributed by atoms with Crippen molar-refractivity contribution >= 4 is 0 Å². The average molecular weight is 66.0 g/mol. The SMILES string of the molecule is COOF. The monoisotopic (exact) mass is 66.0 g/mol. The lowest BCUT2D eigenvalue weighted by molar-refractivity contribution is -0.415. The highest BCUT2D eigenvalue weighted by molar-refractivity contribution is 3.34. The maximum absolute atomic E-state index is 10.0. The van der Waals surface area contributed by atoms with Crippen molar-refractivity contribution in [3.63, 3.8) is 0 Å². The van der Waals surface area contributed by atoms with Gasteiger partial charge in [0.05, 0.1) is 7.11 Å². The van der Waals surface area contributed by atoms with E-state index in [0.29, 0.717) is 0 Å². The van der Waals surface area contributed by atoms with Gasteiger partial charge in [0.1, 0.15) is 0 Å². The Morgan fingerprint density at radius 2 is 2.00 bits per heavy atom. The minimum absolute atomic E-state index is 1.08. The summed E-state index contributed by atoms with van der Waals surface area (Å²) in [5, 5.41) is 2.54. The van der Waals surface area contributed by atoms with Gasteiger partial charge in [0, 0.05) is 0 Å². The van der Waals surface area contributed by atoms with Crippen LogP contribution in [0.5, 0.6) is 0 Å². The van der Waals surface area contributed by atoms with Crippen LogP contribution in [0.25, 0.3) is 0 Å². The normalized spacial score (nSPS) is 7.50. The van der Waals surface area contributed by atoms with Crippen LogP contribution in [0.15, 0.2) is 0 Å². The third kappa shape index (κ3) is 1.85. The molecule has 26 valence electrons. The molecule has 0 aliphatic carbocycles. The highest BCUT2D eigenvalue weighted by Crippen LogP contribution is 1.63. The summed E-state index contributed by atoms with van der Waals surface area (Å²) >= 11 is 0. The van der Waals surface area contributed by atoms with E-state index >= 15 is 0 Å². The smallest absolute Gasteiger partial charge is 0.0747 e. The lowest BCUT2D eigenvalue weighted by atomic mass is 11.8. The summed E-state index contributed by atoms with van der Waals surface area (Å²) in [7, 11) is 1.08. The Hall–Kier alpha value is -0.150. The van der Waals surface area contributed by atoms with E-state index in [-0.39, 0.29) is 0 Å². The fourth-order valence-corrected chi connectivity index (χ4v) is 0. The predicted octanol–water partition coefficient (Wildman–Crippen LogP) is 0.449. The van der Waals surface area contributed by atoms with Crippen molar-refractivity contribution in [2.75, 3.05) is 7.11 Å². The van der Waals surface area contributed by atoms with Gasteiger partial charge in [0.15, 0.2) is 0 Å². The summed E-state index contributed by atoms with van der Waals surface area (Å²) < 4.78 is 10.0. The van der Waals surface area contributed by atoms with Crippen LogP contribution in [0.4, 0.5) is 4.53 Å². The third-order valence-electron chi connectivity index (χ3n) is 0.0630. The molecule has 0 aliphatic heterocycles. The zero-order valence-corrected chi connectivity index (χ0v) is 2.19. The van der Waals surface area contributed by atoms with Gasteiger partial charge in [-0.05, 0) is 9.62 Å². The van der Waals surface area contributed by atoms with Crippen LogP contribution in [-0.2, 0) is 9.98 Å². The molecule has 0 fully saturated rings. The first kappa shape index (κ1) is 3.85. The van der Waals surface area contributed by atoms with Gasteiger partial charge < -0.3 is 0 Å². The van der Waals surface area contributed by atoms with Gasteiger partial charge in [-0.2, -0.15) is 0 Å². The molecule has 0 rings (SSSR count). The Labute approximate surface area is 23.0 Å². The van der Waals surface area contributed by atoms with Crippen LogP contribution >= 0.6 is 0 Å². The summed E-state index contributed by atoms with van der Waals surface area (Å²) in [6.07, 6.45) is 0.